The van der Waals surface area contributed by atoms with Gasteiger partial charge in [0.05, 0.1) is 6.61 Å². The zero-order chi connectivity index (χ0) is 11.5. The Bertz CT molecular complexity index is 158. The molecule has 4 heteroatoms. The smallest absolute Gasteiger partial charge is 0.305 e. The molecule has 0 unspecified atom stereocenters. The molecule has 0 radical (unpaired) electrons. The Morgan fingerprint density at radius 2 is 2.00 bits per heavy atom. The van der Waals surface area contributed by atoms with Crippen LogP contribution in [0.2, 0.25) is 0 Å². The van der Waals surface area contributed by atoms with E-state index in [0.717, 1.165) is 26.5 Å². The number of rotatable bonds is 6. The summed E-state index contributed by atoms with van der Waals surface area (Å²) < 4.78 is 4.84. The van der Waals surface area contributed by atoms with Crippen molar-refractivity contribution in [2.75, 3.05) is 33.4 Å². The largest absolute Gasteiger partial charge is 0.466 e. The number of unbranched alkanes of at least 4 members (excludes halogenated alkanes) is 1. The van der Waals surface area contributed by atoms with Crippen LogP contribution >= 0.6 is 0 Å². The maximum atomic E-state index is 10.9. The van der Waals surface area contributed by atoms with Crippen LogP contribution in [0.15, 0.2) is 0 Å². The van der Waals surface area contributed by atoms with E-state index in [1.54, 1.807) is 0 Å². The van der Waals surface area contributed by atoms with Crippen molar-refractivity contribution < 1.29 is 14.6 Å². The van der Waals surface area contributed by atoms with Gasteiger partial charge in [-0.1, -0.05) is 0 Å². The quantitative estimate of drug-likeness (QED) is 0.533. The number of nitrogens with zero attached hydrogens (tertiary/aromatic N) is 1. The van der Waals surface area contributed by atoms with Crippen LogP contribution < -0.4 is 0 Å². The van der Waals surface area contributed by atoms with Crippen LogP contribution in [0.5, 0.6) is 0 Å². The number of aliphatic hydroxyl groups is 1. The van der Waals surface area contributed by atoms with Crippen molar-refractivity contribution in [3.05, 3.63) is 0 Å². The minimum atomic E-state index is -0.0499. The Kier molecular flexibility index (Phi) is 9.52. The first-order valence-electron chi connectivity index (χ1n) is 5.65. The molecule has 1 rings (SSSR count). The molecule has 1 fully saturated rings. The van der Waals surface area contributed by atoms with Gasteiger partial charge in [-0.15, -0.1) is 0 Å². The molecular weight excluding hydrogens is 194 g/mol. The van der Waals surface area contributed by atoms with E-state index in [2.05, 4.69) is 4.90 Å². The summed E-state index contributed by atoms with van der Waals surface area (Å²) in [6.07, 6.45) is 4.02. The van der Waals surface area contributed by atoms with E-state index in [4.69, 9.17) is 9.84 Å². The Morgan fingerprint density at radius 1 is 1.33 bits per heavy atom. The maximum absolute atomic E-state index is 10.9. The lowest BCUT2D eigenvalue weighted by atomic mass is 10.2. The molecule has 0 saturated carbocycles. The van der Waals surface area contributed by atoms with Gasteiger partial charge in [-0.05, 0) is 45.8 Å². The van der Waals surface area contributed by atoms with Gasteiger partial charge < -0.3 is 14.7 Å². The lowest BCUT2D eigenvalue weighted by Gasteiger charge is -2.30. The van der Waals surface area contributed by atoms with Crippen molar-refractivity contribution in [3.8, 4) is 0 Å². The highest BCUT2D eigenvalue weighted by molar-refractivity contribution is 5.69. The maximum Gasteiger partial charge on any atom is 0.305 e. The van der Waals surface area contributed by atoms with Crippen molar-refractivity contribution in [2.24, 2.45) is 0 Å². The molecule has 0 spiro atoms. The second kappa shape index (κ2) is 9.93. The molecule has 0 aliphatic carbocycles. The van der Waals surface area contributed by atoms with Crippen LogP contribution in [-0.4, -0.2) is 49.3 Å². The zero-order valence-corrected chi connectivity index (χ0v) is 9.87. The average molecular weight is 217 g/mol. The van der Waals surface area contributed by atoms with Gasteiger partial charge in [-0.25, -0.2) is 0 Å². The summed E-state index contributed by atoms with van der Waals surface area (Å²) in [4.78, 5) is 13.4. The van der Waals surface area contributed by atoms with E-state index in [-0.39, 0.29) is 5.97 Å². The molecule has 0 bridgehead atoms. The van der Waals surface area contributed by atoms with Crippen LogP contribution in [0.25, 0.3) is 0 Å². The zero-order valence-electron chi connectivity index (χ0n) is 9.87. The minimum Gasteiger partial charge on any atom is -0.466 e. The summed E-state index contributed by atoms with van der Waals surface area (Å²) >= 11 is 0. The van der Waals surface area contributed by atoms with Crippen LogP contribution in [0.4, 0.5) is 0 Å². The molecule has 1 aliphatic rings. The molecule has 1 heterocycles. The van der Waals surface area contributed by atoms with E-state index in [0.29, 0.717) is 13.0 Å². The topological polar surface area (TPSA) is 49.8 Å². The van der Waals surface area contributed by atoms with Crippen molar-refractivity contribution in [1.82, 2.24) is 4.90 Å². The average Bonchev–Trinajstić information content (AvgIpc) is 2.18. The van der Waals surface area contributed by atoms with Gasteiger partial charge in [-0.3, -0.25) is 4.79 Å². The number of likely N-dealkylation sites (tertiary alicyclic amines) is 1. The molecular formula is C11H23NO3. The first kappa shape index (κ1) is 14.4. The number of esters is 1. The first-order chi connectivity index (χ1) is 7.33. The van der Waals surface area contributed by atoms with Gasteiger partial charge in [-0.2, -0.15) is 0 Å². The fraction of sp³-hybridized carbons (Fsp3) is 0.909. The SMILES string of the molecule is CCOC(=O)CCCCN1CCC1.CO. The summed E-state index contributed by atoms with van der Waals surface area (Å²) in [5.74, 6) is -0.0499. The fourth-order valence-electron chi connectivity index (χ4n) is 1.44. The van der Waals surface area contributed by atoms with Gasteiger partial charge in [0, 0.05) is 13.5 Å². The second-order valence-electron chi connectivity index (χ2n) is 3.46. The number of carbonyl (C=O) groups excluding carboxylic acids is 1. The van der Waals surface area contributed by atoms with Crippen molar-refractivity contribution in [3.63, 3.8) is 0 Å². The third-order valence-corrected chi connectivity index (χ3v) is 2.36. The van der Waals surface area contributed by atoms with Crippen LogP contribution in [0.3, 0.4) is 0 Å². The van der Waals surface area contributed by atoms with E-state index in [1.165, 1.54) is 19.5 Å². The van der Waals surface area contributed by atoms with E-state index >= 15 is 0 Å². The lowest BCUT2D eigenvalue weighted by molar-refractivity contribution is -0.143. The molecule has 90 valence electrons. The third-order valence-electron chi connectivity index (χ3n) is 2.36. The molecule has 1 N–H and O–H groups in total. The lowest BCUT2D eigenvalue weighted by Crippen LogP contribution is -2.37. The number of aliphatic hydroxyl groups excluding tert-OH is 1. The normalized spacial score (nSPS) is 14.9. The van der Waals surface area contributed by atoms with Gasteiger partial charge in [0.1, 0.15) is 0 Å². The predicted octanol–water partition coefficient (Wildman–Crippen LogP) is 1.03. The summed E-state index contributed by atoms with van der Waals surface area (Å²) in [6.45, 7) is 6.00. The van der Waals surface area contributed by atoms with Gasteiger partial charge in [0.15, 0.2) is 0 Å². The summed E-state index contributed by atoms with van der Waals surface area (Å²) in [5, 5.41) is 7.00. The molecule has 15 heavy (non-hydrogen) atoms. The summed E-state index contributed by atoms with van der Waals surface area (Å²) in [7, 11) is 1.00. The molecule has 0 aromatic heterocycles. The number of carbonyl (C=O) groups is 1. The summed E-state index contributed by atoms with van der Waals surface area (Å²) in [6, 6.07) is 0. The van der Waals surface area contributed by atoms with Crippen LogP contribution in [-0.2, 0) is 9.53 Å². The highest BCUT2D eigenvalue weighted by Gasteiger charge is 2.12. The molecule has 1 aliphatic heterocycles. The van der Waals surface area contributed by atoms with E-state index in [1.807, 2.05) is 6.92 Å². The molecule has 0 atom stereocenters. The standard InChI is InChI=1S/C10H19NO2.CH4O/c1-2-13-10(12)6-3-4-7-11-8-5-9-11;1-2/h2-9H2,1H3;2H,1H3. The van der Waals surface area contributed by atoms with E-state index < -0.39 is 0 Å². The molecule has 0 amide bonds. The summed E-state index contributed by atoms with van der Waals surface area (Å²) in [5.41, 5.74) is 0. The Morgan fingerprint density at radius 3 is 2.47 bits per heavy atom. The van der Waals surface area contributed by atoms with E-state index in [9.17, 15) is 4.79 Å². The van der Waals surface area contributed by atoms with Gasteiger partial charge in [0.2, 0.25) is 0 Å². The minimum absolute atomic E-state index is 0.0499. The molecule has 4 nitrogen and oxygen atoms in total. The predicted molar refractivity (Wildman–Crippen MR) is 59.7 cm³/mol. The first-order valence-corrected chi connectivity index (χ1v) is 5.65. The monoisotopic (exact) mass is 217 g/mol. The molecule has 0 aromatic carbocycles. The Hall–Kier alpha value is -0.610. The Labute approximate surface area is 92.2 Å². The van der Waals surface area contributed by atoms with Crippen molar-refractivity contribution in [2.45, 2.75) is 32.6 Å². The highest BCUT2D eigenvalue weighted by atomic mass is 16.5. The number of hydrogen-bond donors (Lipinski definition) is 1. The highest BCUT2D eigenvalue weighted by Crippen LogP contribution is 2.08. The Balaban J connectivity index is 0.000000921. The third kappa shape index (κ3) is 7.33. The van der Waals surface area contributed by atoms with Gasteiger partial charge >= 0.3 is 5.97 Å². The van der Waals surface area contributed by atoms with Crippen LogP contribution in [0, 0.1) is 0 Å². The van der Waals surface area contributed by atoms with Crippen LogP contribution in [0.1, 0.15) is 32.6 Å². The van der Waals surface area contributed by atoms with Gasteiger partial charge in [0.25, 0.3) is 0 Å². The number of hydrogen-bond acceptors (Lipinski definition) is 4. The number of ether oxygens (including phenoxy) is 1. The molecule has 1 saturated heterocycles. The van der Waals surface area contributed by atoms with Crippen molar-refractivity contribution >= 4 is 5.97 Å². The molecule has 0 aromatic rings. The fourth-order valence-corrected chi connectivity index (χ4v) is 1.44. The van der Waals surface area contributed by atoms with Crippen molar-refractivity contribution in [1.29, 1.82) is 0 Å². The second-order valence-corrected chi connectivity index (χ2v) is 3.46.